The molecule has 13 heavy (non-hydrogen) atoms. The molecule has 0 spiro atoms. The minimum Gasteiger partial charge on any atom is -0.393 e. The van der Waals surface area contributed by atoms with Gasteiger partial charge in [-0.1, -0.05) is 0 Å². The van der Waals surface area contributed by atoms with Gasteiger partial charge in [0.1, 0.15) is 0 Å². The Morgan fingerprint density at radius 3 is 3.08 bits per heavy atom. The third-order valence-electron chi connectivity index (χ3n) is 2.31. The molecule has 0 amide bonds. The van der Waals surface area contributed by atoms with Crippen LogP contribution in [0.3, 0.4) is 0 Å². The van der Waals surface area contributed by atoms with Crippen molar-refractivity contribution in [1.82, 2.24) is 4.98 Å². The minimum absolute atomic E-state index is 0.203. The largest absolute Gasteiger partial charge is 0.393 e. The molecule has 1 heterocycles. The number of aliphatic hydroxyl groups is 1. The van der Waals surface area contributed by atoms with Crippen molar-refractivity contribution in [1.29, 1.82) is 0 Å². The molecule has 2 nitrogen and oxygen atoms in total. The normalized spacial score (nSPS) is 18.9. The van der Waals surface area contributed by atoms with E-state index < -0.39 is 0 Å². The lowest BCUT2D eigenvalue weighted by Gasteiger charge is -1.99. The van der Waals surface area contributed by atoms with Gasteiger partial charge >= 0.3 is 0 Å². The zero-order chi connectivity index (χ0) is 9.26. The summed E-state index contributed by atoms with van der Waals surface area (Å²) in [5, 5.41) is 12.6. The van der Waals surface area contributed by atoms with Crippen LogP contribution in [0.4, 0.5) is 0 Å². The van der Waals surface area contributed by atoms with Gasteiger partial charge in [-0.05, 0) is 32.6 Å². The zero-order valence-electron chi connectivity index (χ0n) is 7.86. The topological polar surface area (TPSA) is 33.1 Å². The number of thiazole rings is 1. The summed E-state index contributed by atoms with van der Waals surface area (Å²) >= 11 is 1.78. The molecule has 2 rings (SSSR count). The molecule has 1 N–H and O–H groups in total. The van der Waals surface area contributed by atoms with Gasteiger partial charge in [0.25, 0.3) is 0 Å². The molecule has 3 heteroatoms. The molecule has 1 fully saturated rings. The van der Waals surface area contributed by atoms with Crippen LogP contribution in [-0.4, -0.2) is 16.2 Å². The standard InChI is InChI=1S/C10H15NOS/c1-7(12)2-5-9-6-13-10(11-9)8-3-4-8/h6-8,12H,2-5H2,1H3/t7-/m0/s1. The van der Waals surface area contributed by atoms with Crippen LogP contribution in [0.5, 0.6) is 0 Å². The average molecular weight is 197 g/mol. The lowest BCUT2D eigenvalue weighted by atomic mass is 10.2. The smallest absolute Gasteiger partial charge is 0.0959 e. The summed E-state index contributed by atoms with van der Waals surface area (Å²) in [6.45, 7) is 1.83. The van der Waals surface area contributed by atoms with Crippen LogP contribution in [-0.2, 0) is 6.42 Å². The van der Waals surface area contributed by atoms with E-state index in [1.165, 1.54) is 17.8 Å². The maximum atomic E-state index is 9.12. The van der Waals surface area contributed by atoms with E-state index >= 15 is 0 Å². The molecular formula is C10H15NOS. The number of nitrogens with zero attached hydrogens (tertiary/aromatic N) is 1. The quantitative estimate of drug-likeness (QED) is 0.803. The predicted octanol–water partition coefficient (Wildman–Crippen LogP) is 2.33. The Balaban J connectivity index is 1.89. The molecule has 1 aliphatic carbocycles. The first-order valence-corrected chi connectivity index (χ1v) is 5.76. The van der Waals surface area contributed by atoms with Crippen molar-refractivity contribution in [3.05, 3.63) is 16.1 Å². The third-order valence-corrected chi connectivity index (χ3v) is 3.37. The summed E-state index contributed by atoms with van der Waals surface area (Å²) in [5.41, 5.74) is 1.16. The molecule has 0 aliphatic heterocycles. The fourth-order valence-electron chi connectivity index (χ4n) is 1.31. The number of aliphatic hydroxyl groups excluding tert-OH is 1. The van der Waals surface area contributed by atoms with E-state index in [-0.39, 0.29) is 6.10 Å². The van der Waals surface area contributed by atoms with Crippen molar-refractivity contribution >= 4 is 11.3 Å². The molecule has 0 saturated heterocycles. The highest BCUT2D eigenvalue weighted by Gasteiger charge is 2.26. The summed E-state index contributed by atoms with van der Waals surface area (Å²) in [7, 11) is 0. The fourth-order valence-corrected chi connectivity index (χ4v) is 2.34. The van der Waals surface area contributed by atoms with Gasteiger partial charge < -0.3 is 5.11 Å². The summed E-state index contributed by atoms with van der Waals surface area (Å²) in [5.74, 6) is 0.769. The van der Waals surface area contributed by atoms with Gasteiger partial charge in [-0.2, -0.15) is 0 Å². The van der Waals surface area contributed by atoms with Gasteiger partial charge in [0.05, 0.1) is 16.8 Å². The van der Waals surface area contributed by atoms with Crippen LogP contribution in [0.1, 0.15) is 42.8 Å². The zero-order valence-corrected chi connectivity index (χ0v) is 8.68. The van der Waals surface area contributed by atoms with Gasteiger partial charge in [-0.3, -0.25) is 0 Å². The predicted molar refractivity (Wildman–Crippen MR) is 54.1 cm³/mol. The van der Waals surface area contributed by atoms with Crippen LogP contribution in [0, 0.1) is 0 Å². The first kappa shape index (κ1) is 9.16. The molecule has 1 aliphatic rings. The lowest BCUT2D eigenvalue weighted by molar-refractivity contribution is 0.184. The van der Waals surface area contributed by atoms with E-state index in [9.17, 15) is 0 Å². The number of hydrogen-bond acceptors (Lipinski definition) is 3. The van der Waals surface area contributed by atoms with Gasteiger partial charge in [0.2, 0.25) is 0 Å². The Bertz CT molecular complexity index is 278. The third kappa shape index (κ3) is 2.51. The molecule has 1 aromatic rings. The van der Waals surface area contributed by atoms with E-state index in [1.807, 2.05) is 6.92 Å². The summed E-state index contributed by atoms with van der Waals surface area (Å²) in [6, 6.07) is 0. The number of rotatable bonds is 4. The molecule has 1 atom stereocenters. The Morgan fingerprint density at radius 1 is 1.69 bits per heavy atom. The SMILES string of the molecule is C[C@H](O)CCc1csc(C2CC2)n1. The van der Waals surface area contributed by atoms with Crippen molar-refractivity contribution in [3.8, 4) is 0 Å². The van der Waals surface area contributed by atoms with E-state index in [2.05, 4.69) is 10.4 Å². The van der Waals surface area contributed by atoms with Crippen LogP contribution in [0.15, 0.2) is 5.38 Å². The molecule has 1 aromatic heterocycles. The van der Waals surface area contributed by atoms with Crippen LogP contribution in [0.2, 0.25) is 0 Å². The second-order valence-electron chi connectivity index (χ2n) is 3.84. The van der Waals surface area contributed by atoms with Crippen molar-refractivity contribution in [2.45, 2.75) is 44.6 Å². The summed E-state index contributed by atoms with van der Waals surface area (Å²) in [4.78, 5) is 4.55. The van der Waals surface area contributed by atoms with Gasteiger partial charge in [-0.15, -0.1) is 11.3 Å². The minimum atomic E-state index is -0.203. The Labute approximate surface area is 82.6 Å². The molecule has 1 saturated carbocycles. The number of hydrogen-bond donors (Lipinski definition) is 1. The molecule has 0 bridgehead atoms. The van der Waals surface area contributed by atoms with Gasteiger partial charge in [0, 0.05) is 11.3 Å². The van der Waals surface area contributed by atoms with Crippen molar-refractivity contribution in [3.63, 3.8) is 0 Å². The first-order valence-electron chi connectivity index (χ1n) is 4.88. The molecular weight excluding hydrogens is 182 g/mol. The summed E-state index contributed by atoms with van der Waals surface area (Å²) in [6.07, 6.45) is 4.19. The Hall–Kier alpha value is -0.410. The highest BCUT2D eigenvalue weighted by Crippen LogP contribution is 2.41. The van der Waals surface area contributed by atoms with Crippen molar-refractivity contribution in [2.24, 2.45) is 0 Å². The average Bonchev–Trinajstić information content (AvgIpc) is 2.83. The fraction of sp³-hybridized carbons (Fsp3) is 0.700. The van der Waals surface area contributed by atoms with Crippen LogP contribution in [0.25, 0.3) is 0 Å². The first-order chi connectivity index (χ1) is 6.25. The van der Waals surface area contributed by atoms with E-state index in [4.69, 9.17) is 5.11 Å². The second-order valence-corrected chi connectivity index (χ2v) is 4.73. The van der Waals surface area contributed by atoms with Crippen LogP contribution < -0.4 is 0 Å². The Kier molecular flexibility index (Phi) is 2.65. The second kappa shape index (κ2) is 3.76. The number of aromatic nitrogens is 1. The van der Waals surface area contributed by atoms with Crippen molar-refractivity contribution < 1.29 is 5.11 Å². The molecule has 72 valence electrons. The van der Waals surface area contributed by atoms with E-state index in [0.717, 1.165) is 24.5 Å². The summed E-state index contributed by atoms with van der Waals surface area (Å²) < 4.78 is 0. The monoisotopic (exact) mass is 197 g/mol. The molecule has 0 radical (unpaired) electrons. The van der Waals surface area contributed by atoms with E-state index in [0.29, 0.717) is 0 Å². The van der Waals surface area contributed by atoms with Gasteiger partial charge in [-0.25, -0.2) is 4.98 Å². The molecule has 0 aromatic carbocycles. The van der Waals surface area contributed by atoms with E-state index in [1.54, 1.807) is 11.3 Å². The van der Waals surface area contributed by atoms with Crippen LogP contribution >= 0.6 is 11.3 Å². The van der Waals surface area contributed by atoms with Gasteiger partial charge in [0.15, 0.2) is 0 Å². The Morgan fingerprint density at radius 2 is 2.46 bits per heavy atom. The maximum Gasteiger partial charge on any atom is 0.0959 e. The lowest BCUT2D eigenvalue weighted by Crippen LogP contribution is -2.01. The highest BCUT2D eigenvalue weighted by molar-refractivity contribution is 7.09. The van der Waals surface area contributed by atoms with Crippen molar-refractivity contribution in [2.75, 3.05) is 0 Å². The molecule has 0 unspecified atom stereocenters. The number of aryl methyl sites for hydroxylation is 1. The highest BCUT2D eigenvalue weighted by atomic mass is 32.1. The maximum absolute atomic E-state index is 9.12.